The maximum absolute atomic E-state index is 5.24. The largest absolute Gasteiger partial charge is 0.251 e. The predicted octanol–water partition coefficient (Wildman–Crippen LogP) is 11.3. The Balaban J connectivity index is 2.13. The predicted molar refractivity (Wildman–Crippen MR) is 185 cm³/mol. The van der Waals surface area contributed by atoms with E-state index in [1.165, 1.54) is 33.4 Å². The Labute approximate surface area is 255 Å². The second kappa shape index (κ2) is 14.5. The summed E-state index contributed by atoms with van der Waals surface area (Å²) in [7, 11) is 0. The van der Waals surface area contributed by atoms with Crippen LogP contribution in [0.2, 0.25) is 0 Å². The van der Waals surface area contributed by atoms with E-state index in [2.05, 4.69) is 125 Å². The minimum atomic E-state index is 0.357. The van der Waals surface area contributed by atoms with Gasteiger partial charge in [0, 0.05) is 0 Å². The number of benzene rings is 2. The molecule has 42 heavy (non-hydrogen) atoms. The van der Waals surface area contributed by atoms with Crippen molar-refractivity contribution < 1.29 is 0 Å². The molecule has 1 aromatic heterocycles. The third kappa shape index (κ3) is 7.82. The molecule has 3 nitrogen and oxygen atoms in total. The fourth-order valence-electron chi connectivity index (χ4n) is 5.36. The van der Waals surface area contributed by atoms with Crippen molar-refractivity contribution in [2.24, 2.45) is 9.98 Å². The van der Waals surface area contributed by atoms with E-state index in [1.54, 1.807) is 0 Å². The van der Waals surface area contributed by atoms with Crippen LogP contribution in [0.3, 0.4) is 0 Å². The Morgan fingerprint density at radius 3 is 1.19 bits per heavy atom. The van der Waals surface area contributed by atoms with Gasteiger partial charge in [-0.3, -0.25) is 9.98 Å². The highest BCUT2D eigenvalue weighted by Gasteiger charge is 2.18. The highest BCUT2D eigenvalue weighted by atomic mass is 14.8. The Kier molecular flexibility index (Phi) is 11.4. The molecule has 3 heteroatoms. The van der Waals surface area contributed by atoms with Gasteiger partial charge < -0.3 is 0 Å². The van der Waals surface area contributed by atoms with E-state index in [9.17, 15) is 0 Å². The van der Waals surface area contributed by atoms with Crippen LogP contribution in [0.4, 0.5) is 11.4 Å². The van der Waals surface area contributed by atoms with E-state index < -0.39 is 0 Å². The first-order valence-corrected chi connectivity index (χ1v) is 15.5. The maximum atomic E-state index is 5.24. The van der Waals surface area contributed by atoms with Crippen LogP contribution in [-0.2, 0) is 12.8 Å². The summed E-state index contributed by atoms with van der Waals surface area (Å²) in [6.07, 6.45) is 5.67. The fraction of sp³-hybridized carbons (Fsp3) is 0.410. The Morgan fingerprint density at radius 2 is 0.929 bits per heavy atom. The van der Waals surface area contributed by atoms with Gasteiger partial charge in [-0.25, -0.2) is 4.98 Å². The molecule has 0 spiro atoms. The molecule has 0 unspecified atom stereocenters. The SMILES string of the molecule is C=CCc1cc(C(C)C)c(/N=C(/C)c2cccc(/C(C)=N\c3c(C(C)C)cc(CC=C)cc3C(C)C)n2)c(C(C)C)c1. The summed E-state index contributed by atoms with van der Waals surface area (Å²) in [4.78, 5) is 15.5. The van der Waals surface area contributed by atoms with Crippen LogP contribution in [0.5, 0.6) is 0 Å². The van der Waals surface area contributed by atoms with Crippen molar-refractivity contribution in [2.45, 2.75) is 106 Å². The number of hydrogen-bond donors (Lipinski definition) is 0. The van der Waals surface area contributed by atoms with Crippen molar-refractivity contribution in [3.8, 4) is 0 Å². The van der Waals surface area contributed by atoms with Gasteiger partial charge >= 0.3 is 0 Å². The first kappa shape index (κ1) is 32.9. The van der Waals surface area contributed by atoms with Crippen LogP contribution >= 0.6 is 0 Å². The Morgan fingerprint density at radius 1 is 0.619 bits per heavy atom. The molecule has 0 aliphatic heterocycles. The third-order valence-electron chi connectivity index (χ3n) is 7.75. The zero-order valence-corrected chi connectivity index (χ0v) is 27.7. The average Bonchev–Trinajstić information content (AvgIpc) is 2.93. The van der Waals surface area contributed by atoms with Crippen molar-refractivity contribution in [1.82, 2.24) is 4.98 Å². The monoisotopic (exact) mass is 561 g/mol. The molecule has 2 aromatic carbocycles. The summed E-state index contributed by atoms with van der Waals surface area (Å²) in [6, 6.07) is 15.3. The third-order valence-corrected chi connectivity index (χ3v) is 7.75. The number of rotatable bonds is 12. The summed E-state index contributed by atoms with van der Waals surface area (Å²) in [5.74, 6) is 1.43. The van der Waals surface area contributed by atoms with Crippen molar-refractivity contribution in [3.63, 3.8) is 0 Å². The summed E-state index contributed by atoms with van der Waals surface area (Å²) < 4.78 is 0. The van der Waals surface area contributed by atoms with Gasteiger partial charge in [-0.1, -0.05) is 97.9 Å². The number of nitrogens with zero attached hydrogens (tertiary/aromatic N) is 3. The van der Waals surface area contributed by atoms with Crippen LogP contribution in [0.1, 0.15) is 138 Å². The molecule has 0 N–H and O–H groups in total. The average molecular weight is 562 g/mol. The van der Waals surface area contributed by atoms with Gasteiger partial charge in [0.05, 0.1) is 34.2 Å². The van der Waals surface area contributed by atoms with E-state index in [-0.39, 0.29) is 0 Å². The molecule has 0 amide bonds. The van der Waals surface area contributed by atoms with Gasteiger partial charge in [0.2, 0.25) is 0 Å². The standard InChI is InChI=1S/C39H51N3/c1-13-16-30-20-32(24(3)4)38(33(21-30)25(5)6)40-28(11)36-18-15-19-37(42-36)29(12)41-39-34(26(7)8)22-31(17-14-2)23-35(39)27(9)10/h13-15,18-27H,1-2,16-17H2,3-12H3/b40-28-,41-29-. The Hall–Kier alpha value is -3.59. The van der Waals surface area contributed by atoms with Gasteiger partial charge in [0.15, 0.2) is 0 Å². The Bertz CT molecular complexity index is 1310. The zero-order valence-electron chi connectivity index (χ0n) is 27.7. The molecule has 0 atom stereocenters. The second-order valence-electron chi connectivity index (χ2n) is 12.7. The molecule has 0 aliphatic rings. The van der Waals surface area contributed by atoms with Crippen molar-refractivity contribution in [3.05, 3.63) is 113 Å². The minimum absolute atomic E-state index is 0.357. The lowest BCUT2D eigenvalue weighted by molar-refractivity contribution is 0.830. The highest BCUT2D eigenvalue weighted by molar-refractivity contribution is 6.02. The van der Waals surface area contributed by atoms with Crippen LogP contribution in [0, 0.1) is 0 Å². The first-order valence-electron chi connectivity index (χ1n) is 15.5. The van der Waals surface area contributed by atoms with Crippen LogP contribution in [0.25, 0.3) is 0 Å². The number of allylic oxidation sites excluding steroid dienone is 2. The lowest BCUT2D eigenvalue weighted by atomic mass is 9.89. The van der Waals surface area contributed by atoms with Crippen LogP contribution in [-0.4, -0.2) is 16.4 Å². The molecule has 0 fully saturated rings. The second-order valence-corrected chi connectivity index (χ2v) is 12.7. The topological polar surface area (TPSA) is 37.6 Å². The van der Waals surface area contributed by atoms with Crippen molar-refractivity contribution >= 4 is 22.8 Å². The van der Waals surface area contributed by atoms with E-state index in [4.69, 9.17) is 15.0 Å². The molecule has 0 saturated carbocycles. The van der Waals surface area contributed by atoms with E-state index in [1.807, 2.05) is 12.2 Å². The molecule has 0 saturated heterocycles. The van der Waals surface area contributed by atoms with E-state index in [0.717, 1.165) is 47.0 Å². The fourth-order valence-corrected chi connectivity index (χ4v) is 5.36. The lowest BCUT2D eigenvalue weighted by Gasteiger charge is -2.20. The molecule has 1 heterocycles. The van der Waals surface area contributed by atoms with E-state index in [0.29, 0.717) is 23.7 Å². The van der Waals surface area contributed by atoms with Gasteiger partial charge in [0.1, 0.15) is 0 Å². The van der Waals surface area contributed by atoms with Crippen molar-refractivity contribution in [1.29, 1.82) is 0 Å². The number of aromatic nitrogens is 1. The van der Waals surface area contributed by atoms with Crippen molar-refractivity contribution in [2.75, 3.05) is 0 Å². The molecule has 0 radical (unpaired) electrons. The maximum Gasteiger partial charge on any atom is 0.0849 e. The molecular weight excluding hydrogens is 510 g/mol. The quantitative estimate of drug-likeness (QED) is 0.160. The van der Waals surface area contributed by atoms with Gasteiger partial charge in [-0.15, -0.1) is 13.2 Å². The molecule has 0 aliphatic carbocycles. The molecule has 222 valence electrons. The number of aliphatic imine (C=N–C) groups is 2. The highest BCUT2D eigenvalue weighted by Crippen LogP contribution is 2.38. The van der Waals surface area contributed by atoms with Crippen LogP contribution in [0.15, 0.2) is 77.8 Å². The number of hydrogen-bond acceptors (Lipinski definition) is 3. The summed E-state index contributed by atoms with van der Waals surface area (Å²) in [5.41, 5.74) is 13.4. The summed E-state index contributed by atoms with van der Waals surface area (Å²) in [6.45, 7) is 30.0. The minimum Gasteiger partial charge on any atom is -0.251 e. The molecule has 3 aromatic rings. The smallest absolute Gasteiger partial charge is 0.0849 e. The zero-order chi connectivity index (χ0) is 31.1. The normalized spacial score (nSPS) is 12.6. The molecule has 3 rings (SSSR count). The van der Waals surface area contributed by atoms with Gasteiger partial charge in [0.25, 0.3) is 0 Å². The van der Waals surface area contributed by atoms with E-state index >= 15 is 0 Å². The van der Waals surface area contributed by atoms with Gasteiger partial charge in [-0.2, -0.15) is 0 Å². The number of pyridine rings is 1. The molecule has 0 bridgehead atoms. The lowest BCUT2D eigenvalue weighted by Crippen LogP contribution is -2.07. The molecular formula is C39H51N3. The summed E-state index contributed by atoms with van der Waals surface area (Å²) in [5, 5.41) is 0. The van der Waals surface area contributed by atoms with Gasteiger partial charge in [-0.05, 0) is 95.9 Å². The summed E-state index contributed by atoms with van der Waals surface area (Å²) >= 11 is 0. The first-order chi connectivity index (χ1) is 19.9. The van der Waals surface area contributed by atoms with Crippen LogP contribution < -0.4 is 0 Å².